The van der Waals surface area contributed by atoms with E-state index in [1.54, 1.807) is 11.3 Å². The first-order valence-corrected chi connectivity index (χ1v) is 8.23. The SMILES string of the molecule is CCC1CCC(c2nc3c(s2)CCCC3C(=O)O)C1. The highest BCUT2D eigenvalue weighted by atomic mass is 32.1. The number of aromatic nitrogens is 1. The van der Waals surface area contributed by atoms with Crippen molar-refractivity contribution in [3.63, 3.8) is 0 Å². The van der Waals surface area contributed by atoms with Gasteiger partial charge in [-0.2, -0.15) is 0 Å². The maximum Gasteiger partial charge on any atom is 0.312 e. The summed E-state index contributed by atoms with van der Waals surface area (Å²) in [6.45, 7) is 2.26. The van der Waals surface area contributed by atoms with Crippen LogP contribution in [0.2, 0.25) is 0 Å². The maximum atomic E-state index is 11.3. The molecule has 1 fully saturated rings. The minimum absolute atomic E-state index is 0.350. The molecule has 0 amide bonds. The van der Waals surface area contributed by atoms with E-state index in [1.165, 1.54) is 35.6 Å². The molecule has 0 saturated heterocycles. The monoisotopic (exact) mass is 279 g/mol. The first-order valence-electron chi connectivity index (χ1n) is 7.41. The molecule has 0 aromatic carbocycles. The van der Waals surface area contributed by atoms with E-state index in [9.17, 15) is 9.90 Å². The second-order valence-corrected chi connectivity index (χ2v) is 7.04. The Labute approximate surface area is 118 Å². The van der Waals surface area contributed by atoms with Crippen LogP contribution in [0.15, 0.2) is 0 Å². The van der Waals surface area contributed by atoms with Crippen LogP contribution in [-0.2, 0) is 11.2 Å². The summed E-state index contributed by atoms with van der Waals surface area (Å²) in [5, 5.41) is 10.5. The van der Waals surface area contributed by atoms with Crippen molar-refractivity contribution in [3.05, 3.63) is 15.6 Å². The normalized spacial score (nSPS) is 30.3. The standard InChI is InChI=1S/C15H21NO2S/c1-2-9-6-7-10(8-9)14-16-13-11(15(17)18)4-3-5-12(13)19-14/h9-11H,2-8H2,1H3,(H,17,18). The highest BCUT2D eigenvalue weighted by molar-refractivity contribution is 7.11. The molecule has 104 valence electrons. The molecule has 0 aliphatic heterocycles. The molecule has 1 aromatic rings. The number of carboxylic acids is 1. The molecule has 0 bridgehead atoms. The Morgan fingerprint density at radius 3 is 2.95 bits per heavy atom. The van der Waals surface area contributed by atoms with E-state index in [0.29, 0.717) is 5.92 Å². The average Bonchev–Trinajstić information content (AvgIpc) is 3.03. The zero-order valence-electron chi connectivity index (χ0n) is 11.4. The largest absolute Gasteiger partial charge is 0.481 e. The highest BCUT2D eigenvalue weighted by Crippen LogP contribution is 2.44. The van der Waals surface area contributed by atoms with Crippen molar-refractivity contribution >= 4 is 17.3 Å². The third kappa shape index (κ3) is 2.42. The molecular formula is C15H21NO2S. The number of fused-ring (bicyclic) bond motifs is 1. The second-order valence-electron chi connectivity index (χ2n) is 5.93. The van der Waals surface area contributed by atoms with Gasteiger partial charge in [0.2, 0.25) is 0 Å². The number of thiazole rings is 1. The average molecular weight is 279 g/mol. The van der Waals surface area contributed by atoms with Crippen LogP contribution in [0.3, 0.4) is 0 Å². The van der Waals surface area contributed by atoms with Gasteiger partial charge in [0.1, 0.15) is 0 Å². The molecule has 19 heavy (non-hydrogen) atoms. The molecule has 1 aromatic heterocycles. The lowest BCUT2D eigenvalue weighted by Gasteiger charge is -2.16. The van der Waals surface area contributed by atoms with Crippen LogP contribution >= 0.6 is 11.3 Å². The van der Waals surface area contributed by atoms with Crippen LogP contribution < -0.4 is 0 Å². The summed E-state index contributed by atoms with van der Waals surface area (Å²) in [7, 11) is 0. The quantitative estimate of drug-likeness (QED) is 0.911. The third-order valence-corrected chi connectivity index (χ3v) is 6.03. The Kier molecular flexibility index (Phi) is 3.61. The second kappa shape index (κ2) is 5.23. The summed E-state index contributed by atoms with van der Waals surface area (Å²) in [6.07, 6.45) is 7.85. The van der Waals surface area contributed by atoms with E-state index < -0.39 is 5.97 Å². The Morgan fingerprint density at radius 2 is 2.26 bits per heavy atom. The number of aliphatic carboxylic acids is 1. The number of hydrogen-bond donors (Lipinski definition) is 1. The molecule has 1 N–H and O–H groups in total. The van der Waals surface area contributed by atoms with Gasteiger partial charge in [0.25, 0.3) is 0 Å². The molecule has 2 aliphatic carbocycles. The molecule has 0 spiro atoms. The van der Waals surface area contributed by atoms with Gasteiger partial charge >= 0.3 is 5.97 Å². The molecule has 2 aliphatic rings. The summed E-state index contributed by atoms with van der Waals surface area (Å²) in [4.78, 5) is 17.3. The Hall–Kier alpha value is -0.900. The van der Waals surface area contributed by atoms with E-state index in [2.05, 4.69) is 6.92 Å². The number of rotatable bonds is 3. The Balaban J connectivity index is 1.84. The van der Waals surface area contributed by atoms with Crippen molar-refractivity contribution in [1.82, 2.24) is 4.98 Å². The van der Waals surface area contributed by atoms with Crippen LogP contribution in [-0.4, -0.2) is 16.1 Å². The first-order chi connectivity index (χ1) is 9.19. The van der Waals surface area contributed by atoms with Gasteiger partial charge in [0.05, 0.1) is 16.6 Å². The summed E-state index contributed by atoms with van der Waals surface area (Å²) in [6, 6.07) is 0. The lowest BCUT2D eigenvalue weighted by molar-refractivity contribution is -0.139. The van der Waals surface area contributed by atoms with E-state index >= 15 is 0 Å². The van der Waals surface area contributed by atoms with Gasteiger partial charge in [-0.05, 0) is 44.4 Å². The van der Waals surface area contributed by atoms with Gasteiger partial charge in [-0.3, -0.25) is 4.79 Å². The van der Waals surface area contributed by atoms with E-state index in [1.807, 2.05) is 0 Å². The zero-order chi connectivity index (χ0) is 13.4. The summed E-state index contributed by atoms with van der Waals surface area (Å²) in [5.74, 6) is 0.393. The molecule has 0 radical (unpaired) electrons. The Morgan fingerprint density at radius 1 is 1.42 bits per heavy atom. The van der Waals surface area contributed by atoms with Crippen molar-refractivity contribution in [2.75, 3.05) is 0 Å². The lowest BCUT2D eigenvalue weighted by atomic mass is 9.91. The van der Waals surface area contributed by atoms with Crippen LogP contribution in [0.4, 0.5) is 0 Å². The predicted molar refractivity (Wildman–Crippen MR) is 75.8 cm³/mol. The van der Waals surface area contributed by atoms with Gasteiger partial charge in [0.15, 0.2) is 0 Å². The van der Waals surface area contributed by atoms with E-state index in [4.69, 9.17) is 4.98 Å². The molecule has 1 saturated carbocycles. The van der Waals surface area contributed by atoms with Crippen LogP contribution in [0, 0.1) is 5.92 Å². The van der Waals surface area contributed by atoms with Crippen molar-refractivity contribution in [3.8, 4) is 0 Å². The smallest absolute Gasteiger partial charge is 0.312 e. The summed E-state index contributed by atoms with van der Waals surface area (Å²) >= 11 is 1.79. The number of carboxylic acid groups (broad SMARTS) is 1. The minimum atomic E-state index is -0.698. The van der Waals surface area contributed by atoms with Crippen LogP contribution in [0.1, 0.15) is 72.9 Å². The molecule has 3 nitrogen and oxygen atoms in total. The number of hydrogen-bond acceptors (Lipinski definition) is 3. The minimum Gasteiger partial charge on any atom is -0.481 e. The zero-order valence-corrected chi connectivity index (χ0v) is 12.2. The number of carbonyl (C=O) groups is 1. The highest BCUT2D eigenvalue weighted by Gasteiger charge is 2.33. The van der Waals surface area contributed by atoms with E-state index in [0.717, 1.165) is 30.9 Å². The summed E-state index contributed by atoms with van der Waals surface area (Å²) in [5.41, 5.74) is 0.888. The molecule has 1 heterocycles. The lowest BCUT2D eigenvalue weighted by Crippen LogP contribution is -2.17. The molecule has 3 atom stereocenters. The Bertz CT molecular complexity index is 482. The molecule has 3 unspecified atom stereocenters. The molecular weight excluding hydrogens is 258 g/mol. The van der Waals surface area contributed by atoms with Gasteiger partial charge < -0.3 is 5.11 Å². The van der Waals surface area contributed by atoms with Crippen molar-refractivity contribution in [2.24, 2.45) is 5.92 Å². The van der Waals surface area contributed by atoms with Gasteiger partial charge in [-0.25, -0.2) is 4.98 Å². The topological polar surface area (TPSA) is 50.2 Å². The van der Waals surface area contributed by atoms with Gasteiger partial charge in [0, 0.05) is 10.8 Å². The van der Waals surface area contributed by atoms with Gasteiger partial charge in [-0.1, -0.05) is 13.3 Å². The number of nitrogens with zero attached hydrogens (tertiary/aromatic N) is 1. The van der Waals surface area contributed by atoms with E-state index in [-0.39, 0.29) is 5.92 Å². The van der Waals surface area contributed by atoms with Crippen LogP contribution in [0.25, 0.3) is 0 Å². The van der Waals surface area contributed by atoms with Gasteiger partial charge in [-0.15, -0.1) is 11.3 Å². The van der Waals surface area contributed by atoms with Crippen molar-refractivity contribution in [1.29, 1.82) is 0 Å². The maximum absolute atomic E-state index is 11.3. The first kappa shape index (κ1) is 13.1. The fraction of sp³-hybridized carbons (Fsp3) is 0.733. The molecule has 4 heteroatoms. The third-order valence-electron chi connectivity index (χ3n) is 4.74. The fourth-order valence-electron chi connectivity index (χ4n) is 3.52. The number of aryl methyl sites for hydroxylation is 1. The van der Waals surface area contributed by atoms with Crippen molar-refractivity contribution < 1.29 is 9.90 Å². The predicted octanol–water partition coefficient (Wildman–Crippen LogP) is 3.94. The fourth-order valence-corrected chi connectivity index (χ4v) is 4.84. The molecule has 3 rings (SSSR count). The van der Waals surface area contributed by atoms with Crippen molar-refractivity contribution in [2.45, 2.75) is 63.7 Å². The summed E-state index contributed by atoms with van der Waals surface area (Å²) < 4.78 is 0. The van der Waals surface area contributed by atoms with Crippen LogP contribution in [0.5, 0.6) is 0 Å².